The lowest BCUT2D eigenvalue weighted by Crippen LogP contribution is -2.51. The van der Waals surface area contributed by atoms with Gasteiger partial charge in [0.25, 0.3) is 0 Å². The van der Waals surface area contributed by atoms with E-state index in [1.54, 1.807) is 18.9 Å². The molecular formula is C34H51N3O3. The Labute approximate surface area is 241 Å². The Hall–Kier alpha value is -2.08. The maximum absolute atomic E-state index is 13.3. The van der Waals surface area contributed by atoms with E-state index in [2.05, 4.69) is 41.6 Å². The van der Waals surface area contributed by atoms with Crippen molar-refractivity contribution in [2.24, 2.45) is 40.4 Å². The third-order valence-corrected chi connectivity index (χ3v) is 12.6. The second-order valence-corrected chi connectivity index (χ2v) is 14.4. The van der Waals surface area contributed by atoms with E-state index in [1.807, 2.05) is 12.3 Å². The zero-order valence-corrected chi connectivity index (χ0v) is 25.3. The summed E-state index contributed by atoms with van der Waals surface area (Å²) in [6.45, 7) is 10.8. The summed E-state index contributed by atoms with van der Waals surface area (Å²) < 4.78 is 5.33. The zero-order chi connectivity index (χ0) is 28.1. The van der Waals surface area contributed by atoms with Gasteiger partial charge >= 0.3 is 0 Å². The normalized spacial score (nSPS) is 38.1. The Balaban J connectivity index is 1.03. The number of aromatic nitrogens is 1. The van der Waals surface area contributed by atoms with Crippen LogP contribution in [0.3, 0.4) is 0 Å². The van der Waals surface area contributed by atoms with Crippen molar-refractivity contribution in [2.75, 3.05) is 38.2 Å². The van der Waals surface area contributed by atoms with Gasteiger partial charge < -0.3 is 19.6 Å². The topological polar surface area (TPSA) is 65.9 Å². The van der Waals surface area contributed by atoms with E-state index in [4.69, 9.17) is 4.74 Å². The van der Waals surface area contributed by atoms with Crippen molar-refractivity contribution >= 4 is 11.6 Å². The number of aliphatic hydroxyl groups is 1. The summed E-state index contributed by atoms with van der Waals surface area (Å²) in [5.41, 5.74) is 3.36. The number of amides is 1. The van der Waals surface area contributed by atoms with Gasteiger partial charge in [0.2, 0.25) is 5.91 Å². The summed E-state index contributed by atoms with van der Waals surface area (Å²) in [5, 5.41) is 10.3. The molecule has 5 aliphatic rings. The summed E-state index contributed by atoms with van der Waals surface area (Å²) in [7, 11) is 1.67. The number of anilines is 1. The summed E-state index contributed by atoms with van der Waals surface area (Å²) in [5.74, 6) is 4.84. The minimum atomic E-state index is -0.127. The maximum atomic E-state index is 13.3. The largest absolute Gasteiger partial charge is 0.495 e. The molecule has 1 aromatic rings. The molecule has 1 amide bonds. The second kappa shape index (κ2) is 11.0. The molecule has 1 N–H and O–H groups in total. The maximum Gasteiger partial charge on any atom is 0.222 e. The van der Waals surface area contributed by atoms with E-state index in [-0.39, 0.29) is 6.10 Å². The summed E-state index contributed by atoms with van der Waals surface area (Å²) in [6, 6.07) is 2.03. The van der Waals surface area contributed by atoms with Crippen molar-refractivity contribution in [3.05, 3.63) is 30.1 Å². The summed E-state index contributed by atoms with van der Waals surface area (Å²) in [4.78, 5) is 21.9. The predicted octanol–water partition coefficient (Wildman–Crippen LogP) is 6.10. The van der Waals surface area contributed by atoms with E-state index in [0.717, 1.165) is 87.0 Å². The number of pyridine rings is 1. The minimum Gasteiger partial charge on any atom is -0.495 e. The van der Waals surface area contributed by atoms with Crippen molar-refractivity contribution in [2.45, 2.75) is 91.1 Å². The molecule has 6 nitrogen and oxygen atoms in total. The number of aliphatic hydroxyl groups excluding tert-OH is 1. The lowest BCUT2D eigenvalue weighted by atomic mass is 9.47. The second-order valence-electron chi connectivity index (χ2n) is 14.4. The molecule has 1 saturated heterocycles. The van der Waals surface area contributed by atoms with Gasteiger partial charge in [-0.2, -0.15) is 0 Å². The first-order valence-electron chi connectivity index (χ1n) is 16.1. The van der Waals surface area contributed by atoms with E-state index in [0.29, 0.717) is 29.1 Å². The van der Waals surface area contributed by atoms with Crippen molar-refractivity contribution in [3.63, 3.8) is 0 Å². The molecule has 8 atom stereocenters. The smallest absolute Gasteiger partial charge is 0.222 e. The number of carbonyl (C=O) groups is 1. The highest BCUT2D eigenvalue weighted by molar-refractivity contribution is 5.76. The Morgan fingerprint density at radius 2 is 1.90 bits per heavy atom. The lowest BCUT2D eigenvalue weighted by molar-refractivity contribution is -0.132. The molecule has 0 radical (unpaired) electrons. The molecule has 4 aliphatic carbocycles. The number of hydrogen-bond acceptors (Lipinski definition) is 5. The molecule has 0 spiro atoms. The van der Waals surface area contributed by atoms with Crippen LogP contribution in [0.25, 0.3) is 0 Å². The number of rotatable bonds is 6. The fourth-order valence-corrected chi connectivity index (χ4v) is 10.2. The summed E-state index contributed by atoms with van der Waals surface area (Å²) in [6.07, 6.45) is 17.4. The highest BCUT2D eigenvalue weighted by Gasteiger charge is 2.59. The van der Waals surface area contributed by atoms with Crippen LogP contribution in [0.15, 0.2) is 30.1 Å². The van der Waals surface area contributed by atoms with Crippen LogP contribution in [0.5, 0.6) is 5.75 Å². The van der Waals surface area contributed by atoms with Crippen LogP contribution in [-0.2, 0) is 4.79 Å². The van der Waals surface area contributed by atoms with E-state index in [9.17, 15) is 9.90 Å². The number of ether oxygens (including phenoxy) is 1. The molecule has 3 saturated carbocycles. The Morgan fingerprint density at radius 3 is 2.67 bits per heavy atom. The van der Waals surface area contributed by atoms with Gasteiger partial charge in [-0.05, 0) is 98.2 Å². The van der Waals surface area contributed by atoms with Gasteiger partial charge in [0.1, 0.15) is 5.75 Å². The van der Waals surface area contributed by atoms with Crippen LogP contribution in [0.2, 0.25) is 0 Å². The van der Waals surface area contributed by atoms with Gasteiger partial charge in [-0.1, -0.05) is 32.4 Å². The van der Waals surface area contributed by atoms with Gasteiger partial charge in [-0.15, -0.1) is 0 Å². The molecule has 2 heterocycles. The fourth-order valence-electron chi connectivity index (χ4n) is 10.2. The number of fused-ring (bicyclic) bond motifs is 5. The highest BCUT2D eigenvalue weighted by atomic mass is 16.5. The average Bonchev–Trinajstić information content (AvgIpc) is 3.33. The molecule has 4 fully saturated rings. The number of hydrogen-bond donors (Lipinski definition) is 1. The minimum absolute atomic E-state index is 0.127. The first-order chi connectivity index (χ1) is 19.2. The van der Waals surface area contributed by atoms with Gasteiger partial charge in [0.15, 0.2) is 0 Å². The van der Waals surface area contributed by atoms with Crippen molar-refractivity contribution in [1.82, 2.24) is 9.88 Å². The number of allylic oxidation sites excluding steroid dienone is 1. The predicted molar refractivity (Wildman–Crippen MR) is 159 cm³/mol. The first-order valence-corrected chi connectivity index (χ1v) is 16.1. The van der Waals surface area contributed by atoms with Crippen LogP contribution in [-0.4, -0.2) is 60.3 Å². The Bertz CT molecular complexity index is 1110. The standard InChI is InChI=1S/C34H51N3O3/c1-23(5-10-32(39)37-17-15-36(16-18-37)25-20-27(40-4)22-35-21-25)29-8-9-30-28-7-6-24-19-26(38)11-13-33(24,2)31(28)12-14-34(29,30)3/h6,20-23,26,28-31,38H,5,7-19H2,1-4H3/t23?,26-,28-,29+,30-,31-,33-,34+/m0/s1. The number of nitrogens with zero attached hydrogens (tertiary/aromatic N) is 3. The molecule has 40 heavy (non-hydrogen) atoms. The van der Waals surface area contributed by atoms with E-state index in [1.165, 1.54) is 32.1 Å². The Kier molecular flexibility index (Phi) is 7.69. The van der Waals surface area contributed by atoms with Gasteiger partial charge in [0, 0.05) is 38.7 Å². The van der Waals surface area contributed by atoms with Crippen molar-refractivity contribution in [3.8, 4) is 5.75 Å². The molecule has 0 bridgehead atoms. The van der Waals surface area contributed by atoms with Crippen molar-refractivity contribution in [1.29, 1.82) is 0 Å². The highest BCUT2D eigenvalue weighted by Crippen LogP contribution is 2.67. The number of piperazine rings is 1. The van der Waals surface area contributed by atoms with E-state index >= 15 is 0 Å². The molecule has 1 aliphatic heterocycles. The van der Waals surface area contributed by atoms with Gasteiger partial charge in [0.05, 0.1) is 31.3 Å². The van der Waals surface area contributed by atoms with Crippen LogP contribution < -0.4 is 9.64 Å². The summed E-state index contributed by atoms with van der Waals surface area (Å²) >= 11 is 0. The monoisotopic (exact) mass is 549 g/mol. The van der Waals surface area contributed by atoms with Crippen LogP contribution in [0.4, 0.5) is 5.69 Å². The lowest BCUT2D eigenvalue weighted by Gasteiger charge is -2.58. The number of methoxy groups -OCH3 is 1. The number of carbonyl (C=O) groups excluding carboxylic acids is 1. The SMILES string of the molecule is COc1cncc(N2CCN(C(=O)CCC(C)[C@H]3CC[C@H]4[C@@H]5CC=C6C[C@@H](O)CC[C@]6(C)[C@H]5CC[C@]34C)CC2)c1. The molecule has 1 unspecified atom stereocenters. The van der Waals surface area contributed by atoms with Crippen LogP contribution in [0.1, 0.15) is 85.0 Å². The Morgan fingerprint density at radius 1 is 1.10 bits per heavy atom. The van der Waals surface area contributed by atoms with Crippen LogP contribution >= 0.6 is 0 Å². The molecule has 6 rings (SSSR count). The first kappa shape index (κ1) is 28.1. The van der Waals surface area contributed by atoms with Gasteiger partial charge in [-0.25, -0.2) is 0 Å². The quantitative estimate of drug-likeness (QED) is 0.435. The fraction of sp³-hybridized carbons (Fsp3) is 0.765. The third-order valence-electron chi connectivity index (χ3n) is 12.6. The molecule has 220 valence electrons. The molecule has 6 heteroatoms. The van der Waals surface area contributed by atoms with Gasteiger partial charge in [-0.3, -0.25) is 9.78 Å². The van der Waals surface area contributed by atoms with Crippen LogP contribution in [0, 0.1) is 40.4 Å². The molecule has 0 aromatic carbocycles. The average molecular weight is 550 g/mol. The van der Waals surface area contributed by atoms with Crippen molar-refractivity contribution < 1.29 is 14.6 Å². The molecular weight excluding hydrogens is 498 g/mol. The zero-order valence-electron chi connectivity index (χ0n) is 25.3. The third kappa shape index (κ3) is 4.86. The molecule has 1 aromatic heterocycles. The van der Waals surface area contributed by atoms with E-state index < -0.39 is 0 Å².